The van der Waals surface area contributed by atoms with Crippen LogP contribution in [0.25, 0.3) is 0 Å². The topological polar surface area (TPSA) is 41.9 Å². The highest BCUT2D eigenvalue weighted by molar-refractivity contribution is 6.11. The Morgan fingerprint density at radius 3 is 2.15 bits per heavy atom. The minimum Gasteiger partial charge on any atom is -0.497 e. The second-order valence-corrected chi connectivity index (χ2v) is 7.95. The fourth-order valence-corrected chi connectivity index (χ4v) is 4.27. The van der Waals surface area contributed by atoms with E-state index in [1.54, 1.807) is 7.11 Å². The zero-order valence-corrected chi connectivity index (χ0v) is 18.4. The van der Waals surface area contributed by atoms with Gasteiger partial charge in [-0.15, -0.1) is 0 Å². The van der Waals surface area contributed by atoms with Crippen LogP contribution in [0.3, 0.4) is 0 Å². The summed E-state index contributed by atoms with van der Waals surface area (Å²) in [5.41, 5.74) is 5.26. The number of aliphatic imine (C=N–C) groups is 1. The van der Waals surface area contributed by atoms with Crippen LogP contribution in [0.4, 0.5) is 11.4 Å². The first-order valence-corrected chi connectivity index (χ1v) is 11.0. The molecular formula is C29H24N2O2. The molecule has 0 saturated carbocycles. The molecule has 1 unspecified atom stereocenters. The summed E-state index contributed by atoms with van der Waals surface area (Å²) >= 11 is 0. The summed E-state index contributed by atoms with van der Waals surface area (Å²) in [6, 6.07) is 35.2. The monoisotopic (exact) mass is 432 g/mol. The lowest BCUT2D eigenvalue weighted by atomic mass is 9.95. The highest BCUT2D eigenvalue weighted by Gasteiger charge is 2.33. The van der Waals surface area contributed by atoms with Gasteiger partial charge in [-0.05, 0) is 59.7 Å². The highest BCUT2D eigenvalue weighted by atomic mass is 16.5. The van der Waals surface area contributed by atoms with Gasteiger partial charge in [0.15, 0.2) is 0 Å². The Kier molecular flexibility index (Phi) is 5.73. The number of methoxy groups -OCH3 is 1. The third-order valence-corrected chi connectivity index (χ3v) is 5.94. The van der Waals surface area contributed by atoms with E-state index in [4.69, 9.17) is 9.73 Å². The molecule has 33 heavy (non-hydrogen) atoms. The van der Waals surface area contributed by atoms with E-state index in [0.29, 0.717) is 12.0 Å². The first-order chi connectivity index (χ1) is 16.2. The third kappa shape index (κ3) is 4.15. The standard InChI is InChI=1S/C29H24N2O2/c1-33-24-18-16-21(17-19-24)26-20-28(22-10-4-2-5-11-22)31(27-15-9-8-14-25(27)30-26)29(32)23-12-6-3-7-13-23/h2-19,28H,20H2,1H3. The summed E-state index contributed by atoms with van der Waals surface area (Å²) in [7, 11) is 1.66. The van der Waals surface area contributed by atoms with Gasteiger partial charge in [-0.2, -0.15) is 0 Å². The largest absolute Gasteiger partial charge is 0.497 e. The Hall–Kier alpha value is -4.18. The van der Waals surface area contributed by atoms with Gasteiger partial charge < -0.3 is 4.74 Å². The molecule has 1 aliphatic heterocycles. The summed E-state index contributed by atoms with van der Waals surface area (Å²) in [6.07, 6.45) is 0.587. The SMILES string of the molecule is COc1ccc(C2=Nc3ccccc3N(C(=O)c3ccccc3)C(c3ccccc3)C2)cc1. The molecule has 1 heterocycles. The molecule has 1 amide bonds. The van der Waals surface area contributed by atoms with Crippen molar-refractivity contribution in [3.8, 4) is 5.75 Å². The van der Waals surface area contributed by atoms with Crippen LogP contribution >= 0.6 is 0 Å². The number of hydrogen-bond donors (Lipinski definition) is 0. The molecule has 0 aromatic heterocycles. The van der Waals surface area contributed by atoms with E-state index in [9.17, 15) is 4.79 Å². The number of carbonyl (C=O) groups excluding carboxylic acids is 1. The number of anilines is 1. The minimum absolute atomic E-state index is 0.0388. The van der Waals surface area contributed by atoms with Crippen molar-refractivity contribution in [3.63, 3.8) is 0 Å². The third-order valence-electron chi connectivity index (χ3n) is 5.94. The fourth-order valence-electron chi connectivity index (χ4n) is 4.27. The fraction of sp³-hybridized carbons (Fsp3) is 0.103. The van der Waals surface area contributed by atoms with Crippen molar-refractivity contribution in [3.05, 3.63) is 126 Å². The van der Waals surface area contributed by atoms with E-state index in [-0.39, 0.29) is 11.9 Å². The van der Waals surface area contributed by atoms with Gasteiger partial charge in [0.2, 0.25) is 0 Å². The van der Waals surface area contributed by atoms with Crippen LogP contribution < -0.4 is 9.64 Å². The highest BCUT2D eigenvalue weighted by Crippen LogP contribution is 2.41. The van der Waals surface area contributed by atoms with Crippen molar-refractivity contribution in [1.29, 1.82) is 0 Å². The van der Waals surface area contributed by atoms with E-state index in [0.717, 1.165) is 34.0 Å². The number of benzene rings is 4. The number of ether oxygens (including phenoxy) is 1. The number of para-hydroxylation sites is 2. The molecular weight excluding hydrogens is 408 g/mol. The molecule has 0 saturated heterocycles. The van der Waals surface area contributed by atoms with Crippen molar-refractivity contribution in [2.24, 2.45) is 4.99 Å². The molecule has 1 atom stereocenters. The van der Waals surface area contributed by atoms with Crippen LogP contribution in [0.1, 0.15) is 33.9 Å². The summed E-state index contributed by atoms with van der Waals surface area (Å²) in [6.45, 7) is 0. The Bertz CT molecular complexity index is 1280. The lowest BCUT2D eigenvalue weighted by molar-refractivity contribution is 0.0977. The summed E-state index contributed by atoms with van der Waals surface area (Å²) in [4.78, 5) is 20.8. The molecule has 0 N–H and O–H groups in total. The van der Waals surface area contributed by atoms with Crippen molar-refractivity contribution < 1.29 is 9.53 Å². The maximum atomic E-state index is 13.9. The Morgan fingerprint density at radius 2 is 1.45 bits per heavy atom. The van der Waals surface area contributed by atoms with Crippen LogP contribution in [0.2, 0.25) is 0 Å². The molecule has 0 radical (unpaired) electrons. The summed E-state index contributed by atoms with van der Waals surface area (Å²) < 4.78 is 5.33. The molecule has 5 rings (SSSR count). The van der Waals surface area contributed by atoms with E-state index in [2.05, 4.69) is 12.1 Å². The molecule has 0 aliphatic carbocycles. The number of amides is 1. The van der Waals surface area contributed by atoms with Crippen molar-refractivity contribution in [2.45, 2.75) is 12.5 Å². The van der Waals surface area contributed by atoms with E-state index in [1.165, 1.54) is 0 Å². The average Bonchev–Trinajstić information content (AvgIpc) is 3.06. The van der Waals surface area contributed by atoms with Gasteiger partial charge in [0.05, 0.1) is 30.2 Å². The normalized spacial score (nSPS) is 15.2. The molecule has 4 aromatic carbocycles. The van der Waals surface area contributed by atoms with Crippen molar-refractivity contribution in [1.82, 2.24) is 0 Å². The van der Waals surface area contributed by atoms with Crippen molar-refractivity contribution >= 4 is 23.0 Å². The summed E-state index contributed by atoms with van der Waals surface area (Å²) in [5.74, 6) is 0.761. The first kappa shape index (κ1) is 20.7. The maximum Gasteiger partial charge on any atom is 0.258 e. The van der Waals surface area contributed by atoms with Crippen LogP contribution in [0, 0.1) is 0 Å². The first-order valence-electron chi connectivity index (χ1n) is 11.0. The predicted molar refractivity (Wildman–Crippen MR) is 133 cm³/mol. The molecule has 4 heteroatoms. The number of carbonyl (C=O) groups is 1. The van der Waals surface area contributed by atoms with Crippen LogP contribution in [-0.2, 0) is 0 Å². The zero-order valence-electron chi connectivity index (χ0n) is 18.4. The Morgan fingerprint density at radius 1 is 0.818 bits per heavy atom. The Labute approximate surface area is 193 Å². The number of nitrogens with zero attached hydrogens (tertiary/aromatic N) is 2. The minimum atomic E-state index is -0.205. The molecule has 162 valence electrons. The second-order valence-electron chi connectivity index (χ2n) is 7.95. The van der Waals surface area contributed by atoms with E-state index < -0.39 is 0 Å². The Balaban J connectivity index is 1.67. The lowest BCUT2D eigenvalue weighted by Gasteiger charge is -2.32. The summed E-state index contributed by atoms with van der Waals surface area (Å²) in [5, 5.41) is 0. The van der Waals surface area contributed by atoms with Gasteiger partial charge in [-0.3, -0.25) is 14.7 Å². The van der Waals surface area contributed by atoms with Crippen LogP contribution in [0.5, 0.6) is 5.75 Å². The maximum absolute atomic E-state index is 13.9. The number of fused-ring (bicyclic) bond motifs is 1. The average molecular weight is 433 g/mol. The van der Waals surface area contributed by atoms with Gasteiger partial charge in [0, 0.05) is 12.0 Å². The number of hydrogen-bond acceptors (Lipinski definition) is 3. The lowest BCUT2D eigenvalue weighted by Crippen LogP contribution is -2.35. The van der Waals surface area contributed by atoms with E-state index >= 15 is 0 Å². The molecule has 4 aromatic rings. The van der Waals surface area contributed by atoms with Crippen LogP contribution in [-0.4, -0.2) is 18.7 Å². The molecule has 4 nitrogen and oxygen atoms in total. The predicted octanol–water partition coefficient (Wildman–Crippen LogP) is 6.61. The smallest absolute Gasteiger partial charge is 0.258 e. The number of rotatable bonds is 4. The van der Waals surface area contributed by atoms with Gasteiger partial charge >= 0.3 is 0 Å². The second kappa shape index (κ2) is 9.13. The molecule has 0 fully saturated rings. The van der Waals surface area contributed by atoms with Gasteiger partial charge in [0.25, 0.3) is 5.91 Å². The zero-order chi connectivity index (χ0) is 22.6. The van der Waals surface area contributed by atoms with Crippen LogP contribution in [0.15, 0.2) is 114 Å². The van der Waals surface area contributed by atoms with Gasteiger partial charge in [-0.1, -0.05) is 60.7 Å². The van der Waals surface area contributed by atoms with Gasteiger partial charge in [0.1, 0.15) is 5.75 Å². The quantitative estimate of drug-likeness (QED) is 0.364. The van der Waals surface area contributed by atoms with E-state index in [1.807, 2.05) is 102 Å². The molecule has 0 spiro atoms. The van der Waals surface area contributed by atoms with Gasteiger partial charge in [-0.25, -0.2) is 0 Å². The molecule has 0 bridgehead atoms. The molecule has 1 aliphatic rings. The van der Waals surface area contributed by atoms with Crippen molar-refractivity contribution in [2.75, 3.05) is 12.0 Å².